The average Bonchev–Trinajstić information content (AvgIpc) is 2.89. The fourth-order valence-corrected chi connectivity index (χ4v) is 3.59. The molecule has 21 heavy (non-hydrogen) atoms. The molecular weight excluding hydrogens is 335 g/mol. The second kappa shape index (κ2) is 5.04. The van der Waals surface area contributed by atoms with Crippen LogP contribution in [-0.2, 0) is 16.0 Å². The number of non-ortho nitro benzene ring substituents is 1. The number of hydrogen-bond donors (Lipinski definition) is 0. The van der Waals surface area contributed by atoms with Crippen molar-refractivity contribution in [2.24, 2.45) is 0 Å². The van der Waals surface area contributed by atoms with Crippen molar-refractivity contribution in [2.45, 2.75) is 15.4 Å². The zero-order valence-corrected chi connectivity index (χ0v) is 11.4. The van der Waals surface area contributed by atoms with E-state index in [1.807, 2.05) is 0 Å². The number of hydrogen-bond acceptors (Lipinski definition) is 7. The number of nitro benzene ring substituents is 1. The largest absolute Gasteiger partial charge is 0.445 e. The van der Waals surface area contributed by atoms with E-state index in [4.69, 9.17) is 0 Å². The molecule has 12 heteroatoms. The first-order valence-corrected chi connectivity index (χ1v) is 7.32. The standard InChI is InChI=1S/C9H4F3N3O4S2/c10-9(11,12)7-13-14-8(20-7)21(18,19)6-3-1-2-5(4-6)15(16)17/h1-4H. The fourth-order valence-electron chi connectivity index (χ4n) is 1.30. The van der Waals surface area contributed by atoms with Crippen LogP contribution in [-0.4, -0.2) is 23.5 Å². The third-order valence-electron chi connectivity index (χ3n) is 2.22. The molecule has 0 radical (unpaired) electrons. The quantitative estimate of drug-likeness (QED) is 0.628. The Bertz CT molecular complexity index is 801. The highest BCUT2D eigenvalue weighted by molar-refractivity contribution is 7.93. The summed E-state index contributed by atoms with van der Waals surface area (Å²) in [4.78, 5) is 9.24. The van der Waals surface area contributed by atoms with Gasteiger partial charge in [-0.3, -0.25) is 10.1 Å². The Morgan fingerprint density at radius 1 is 1.24 bits per heavy atom. The molecule has 0 aliphatic carbocycles. The van der Waals surface area contributed by atoms with Crippen molar-refractivity contribution < 1.29 is 26.5 Å². The Kier molecular flexibility index (Phi) is 3.67. The number of benzene rings is 1. The van der Waals surface area contributed by atoms with Crippen LogP contribution in [0.25, 0.3) is 0 Å². The predicted octanol–water partition coefficient (Wildman–Crippen LogP) is 2.30. The molecule has 0 bridgehead atoms. The Labute approximate surface area is 119 Å². The first kappa shape index (κ1) is 15.3. The van der Waals surface area contributed by atoms with Crippen molar-refractivity contribution in [2.75, 3.05) is 0 Å². The molecule has 0 amide bonds. The van der Waals surface area contributed by atoms with Crippen LogP contribution in [0.5, 0.6) is 0 Å². The van der Waals surface area contributed by atoms with E-state index < -0.39 is 40.9 Å². The van der Waals surface area contributed by atoms with E-state index in [0.717, 1.165) is 24.3 Å². The van der Waals surface area contributed by atoms with Crippen molar-refractivity contribution in [1.29, 1.82) is 0 Å². The van der Waals surface area contributed by atoms with Gasteiger partial charge < -0.3 is 0 Å². The van der Waals surface area contributed by atoms with Gasteiger partial charge in [0.2, 0.25) is 19.2 Å². The van der Waals surface area contributed by atoms with Crippen molar-refractivity contribution in [3.05, 3.63) is 39.4 Å². The normalized spacial score (nSPS) is 12.3. The molecule has 0 N–H and O–H groups in total. The topological polar surface area (TPSA) is 103 Å². The highest BCUT2D eigenvalue weighted by Crippen LogP contribution is 2.34. The molecular formula is C9H4F3N3O4S2. The van der Waals surface area contributed by atoms with Gasteiger partial charge >= 0.3 is 6.18 Å². The van der Waals surface area contributed by atoms with Gasteiger partial charge in [0, 0.05) is 12.1 Å². The predicted molar refractivity (Wildman–Crippen MR) is 63.5 cm³/mol. The molecule has 0 saturated heterocycles. The van der Waals surface area contributed by atoms with Gasteiger partial charge in [-0.1, -0.05) is 17.4 Å². The molecule has 1 aromatic carbocycles. The maximum Gasteiger partial charge on any atom is 0.445 e. The van der Waals surface area contributed by atoms with Crippen LogP contribution in [0.3, 0.4) is 0 Å². The highest BCUT2D eigenvalue weighted by atomic mass is 32.2. The number of nitrogens with zero attached hydrogens (tertiary/aromatic N) is 3. The lowest BCUT2D eigenvalue weighted by atomic mass is 10.3. The number of nitro groups is 1. The smallest absolute Gasteiger partial charge is 0.258 e. The molecule has 0 unspecified atom stereocenters. The minimum absolute atomic E-state index is 0.149. The highest BCUT2D eigenvalue weighted by Gasteiger charge is 2.37. The van der Waals surface area contributed by atoms with E-state index in [1.165, 1.54) is 0 Å². The van der Waals surface area contributed by atoms with Crippen LogP contribution >= 0.6 is 11.3 Å². The van der Waals surface area contributed by atoms with Crippen LogP contribution in [0.2, 0.25) is 0 Å². The Balaban J connectivity index is 2.50. The number of rotatable bonds is 3. The van der Waals surface area contributed by atoms with Crippen molar-refractivity contribution in [3.63, 3.8) is 0 Å². The van der Waals surface area contributed by atoms with Gasteiger partial charge in [-0.2, -0.15) is 13.2 Å². The maximum atomic E-state index is 12.4. The van der Waals surface area contributed by atoms with E-state index >= 15 is 0 Å². The molecule has 0 aliphatic rings. The summed E-state index contributed by atoms with van der Waals surface area (Å²) in [5, 5.41) is 14.9. The molecule has 2 rings (SSSR count). The number of aromatic nitrogens is 2. The van der Waals surface area contributed by atoms with E-state index in [2.05, 4.69) is 10.2 Å². The van der Waals surface area contributed by atoms with E-state index in [0.29, 0.717) is 0 Å². The van der Waals surface area contributed by atoms with Crippen LogP contribution in [0.1, 0.15) is 5.01 Å². The molecule has 0 atom stereocenters. The van der Waals surface area contributed by atoms with Gasteiger partial charge in [0.05, 0.1) is 9.82 Å². The van der Waals surface area contributed by atoms with Gasteiger partial charge in [-0.05, 0) is 6.07 Å². The Morgan fingerprint density at radius 2 is 1.90 bits per heavy atom. The fraction of sp³-hybridized carbons (Fsp3) is 0.111. The maximum absolute atomic E-state index is 12.4. The molecule has 112 valence electrons. The van der Waals surface area contributed by atoms with Crippen LogP contribution in [0, 0.1) is 10.1 Å². The molecule has 7 nitrogen and oxygen atoms in total. The zero-order chi connectivity index (χ0) is 15.8. The van der Waals surface area contributed by atoms with Gasteiger partial charge in [-0.25, -0.2) is 8.42 Å². The summed E-state index contributed by atoms with van der Waals surface area (Å²) in [6, 6.07) is 3.93. The third kappa shape index (κ3) is 3.00. The summed E-state index contributed by atoms with van der Waals surface area (Å²) in [7, 11) is -4.39. The third-order valence-corrected chi connectivity index (χ3v) is 5.30. The summed E-state index contributed by atoms with van der Waals surface area (Å²) in [5.41, 5.74) is -0.503. The van der Waals surface area contributed by atoms with Gasteiger partial charge in [0.25, 0.3) is 5.69 Å². The van der Waals surface area contributed by atoms with Crippen molar-refractivity contribution in [3.8, 4) is 0 Å². The molecule has 1 heterocycles. The van der Waals surface area contributed by atoms with Crippen LogP contribution in [0.4, 0.5) is 18.9 Å². The Morgan fingerprint density at radius 3 is 2.43 bits per heavy atom. The average molecular weight is 339 g/mol. The van der Waals surface area contributed by atoms with Crippen molar-refractivity contribution in [1.82, 2.24) is 10.2 Å². The molecule has 0 spiro atoms. The SMILES string of the molecule is O=[N+]([O-])c1cccc(S(=O)(=O)c2nnc(C(F)(F)F)s2)c1. The monoisotopic (exact) mass is 339 g/mol. The molecule has 2 aromatic rings. The Hall–Kier alpha value is -2.08. The first-order valence-electron chi connectivity index (χ1n) is 5.02. The summed E-state index contributed by atoms with van der Waals surface area (Å²) in [6.45, 7) is 0. The minimum Gasteiger partial charge on any atom is -0.258 e. The summed E-state index contributed by atoms with van der Waals surface area (Å²) < 4.78 is 60.4. The summed E-state index contributed by atoms with van der Waals surface area (Å²) in [6.07, 6.45) is -4.81. The molecule has 0 fully saturated rings. The van der Waals surface area contributed by atoms with Gasteiger partial charge in [0.15, 0.2) is 0 Å². The summed E-state index contributed by atoms with van der Waals surface area (Å²) in [5.74, 6) is 0. The minimum atomic E-state index is -4.81. The van der Waals surface area contributed by atoms with Crippen LogP contribution < -0.4 is 0 Å². The lowest BCUT2D eigenvalue weighted by Crippen LogP contribution is -2.03. The lowest BCUT2D eigenvalue weighted by molar-refractivity contribution is -0.385. The number of alkyl halides is 3. The second-order valence-corrected chi connectivity index (χ2v) is 6.73. The van der Waals surface area contributed by atoms with Gasteiger partial charge in [0.1, 0.15) is 0 Å². The molecule has 0 saturated carbocycles. The van der Waals surface area contributed by atoms with E-state index in [1.54, 1.807) is 0 Å². The molecule has 1 aromatic heterocycles. The van der Waals surface area contributed by atoms with Crippen molar-refractivity contribution >= 4 is 26.9 Å². The second-order valence-electron chi connectivity index (χ2n) is 3.63. The first-order chi connectivity index (χ1) is 9.62. The summed E-state index contributed by atoms with van der Waals surface area (Å²) >= 11 is -0.149. The zero-order valence-electron chi connectivity index (χ0n) is 9.73. The number of sulfone groups is 1. The number of halogens is 3. The van der Waals surface area contributed by atoms with Gasteiger partial charge in [-0.15, -0.1) is 10.2 Å². The van der Waals surface area contributed by atoms with E-state index in [9.17, 15) is 31.7 Å². The molecule has 0 aliphatic heterocycles. The van der Waals surface area contributed by atoms with E-state index in [-0.39, 0.29) is 11.3 Å². The van der Waals surface area contributed by atoms with Crippen LogP contribution in [0.15, 0.2) is 33.5 Å². The lowest BCUT2D eigenvalue weighted by Gasteiger charge is -2.00.